The number of rotatable bonds is 7. The first kappa shape index (κ1) is 18.9. The normalized spacial score (nSPS) is 11.1. The summed E-state index contributed by atoms with van der Waals surface area (Å²) in [7, 11) is -1.65. The van der Waals surface area contributed by atoms with Gasteiger partial charge in [0.15, 0.2) is 9.84 Å². The Labute approximate surface area is 137 Å². The minimum absolute atomic E-state index is 0.0835. The van der Waals surface area contributed by atoms with Crippen LogP contribution in [0.2, 0.25) is 0 Å². The number of nitrogens with one attached hydrogen (secondary N) is 1. The summed E-state index contributed by atoms with van der Waals surface area (Å²) in [5.74, 6) is -0.760. The molecule has 0 unspecified atom stereocenters. The molecule has 0 aliphatic rings. The monoisotopic (exact) mass is 338 g/mol. The van der Waals surface area contributed by atoms with Gasteiger partial charge >= 0.3 is 0 Å². The van der Waals surface area contributed by atoms with Gasteiger partial charge in [0.25, 0.3) is 5.91 Å². The average Bonchev–Trinajstić information content (AvgIpc) is 2.51. The number of anilines is 1. The molecule has 0 heterocycles. The second-order valence-electron chi connectivity index (χ2n) is 5.42. The lowest BCUT2D eigenvalue weighted by atomic mass is 10.1. The van der Waals surface area contributed by atoms with Crippen LogP contribution in [0.15, 0.2) is 36.9 Å². The predicted molar refractivity (Wildman–Crippen MR) is 91.2 cm³/mol. The number of carbonyl (C=O) groups excluding carboxylic acids is 2. The van der Waals surface area contributed by atoms with Gasteiger partial charge in [-0.2, -0.15) is 0 Å². The lowest BCUT2D eigenvalue weighted by molar-refractivity contribution is -0.111. The smallest absolute Gasteiger partial charge is 0.253 e. The number of amides is 2. The summed E-state index contributed by atoms with van der Waals surface area (Å²) in [6.07, 6.45) is 1.14. The Hall–Kier alpha value is -2.15. The molecule has 0 aliphatic carbocycles. The third-order valence-corrected chi connectivity index (χ3v) is 5.53. The number of nitrogens with zero attached hydrogens (tertiary/aromatic N) is 1. The van der Waals surface area contributed by atoms with Crippen molar-refractivity contribution in [3.05, 3.63) is 42.5 Å². The van der Waals surface area contributed by atoms with E-state index in [-0.39, 0.29) is 24.1 Å². The minimum Gasteiger partial charge on any atom is -0.341 e. The highest BCUT2D eigenvalue weighted by atomic mass is 32.2. The first-order valence-corrected chi connectivity index (χ1v) is 8.89. The minimum atomic E-state index is -3.20. The lowest BCUT2D eigenvalue weighted by Gasteiger charge is -2.18. The van der Waals surface area contributed by atoms with Crippen LogP contribution in [0.25, 0.3) is 0 Å². The van der Waals surface area contributed by atoms with Crippen molar-refractivity contribution in [2.24, 2.45) is 0 Å². The van der Waals surface area contributed by atoms with Crippen molar-refractivity contribution in [3.63, 3.8) is 0 Å². The van der Waals surface area contributed by atoms with E-state index in [2.05, 4.69) is 11.9 Å². The van der Waals surface area contributed by atoms with Crippen molar-refractivity contribution >= 4 is 27.3 Å². The fourth-order valence-corrected chi connectivity index (χ4v) is 2.74. The maximum absolute atomic E-state index is 12.3. The van der Waals surface area contributed by atoms with E-state index in [1.807, 2.05) is 0 Å². The van der Waals surface area contributed by atoms with Crippen LogP contribution in [0.5, 0.6) is 0 Å². The maximum Gasteiger partial charge on any atom is 0.253 e. The molecule has 0 atom stereocenters. The molecular formula is C16H22N2O4S. The highest BCUT2D eigenvalue weighted by Gasteiger charge is 2.19. The zero-order valence-electron chi connectivity index (χ0n) is 13.6. The summed E-state index contributed by atoms with van der Waals surface area (Å²) in [6, 6.07) is 6.45. The van der Waals surface area contributed by atoms with Crippen molar-refractivity contribution in [3.8, 4) is 0 Å². The van der Waals surface area contributed by atoms with Crippen LogP contribution in [-0.2, 0) is 14.6 Å². The summed E-state index contributed by atoms with van der Waals surface area (Å²) < 4.78 is 23.6. The molecule has 2 amide bonds. The van der Waals surface area contributed by atoms with Crippen molar-refractivity contribution in [2.75, 3.05) is 24.7 Å². The molecule has 0 saturated carbocycles. The Bertz CT molecular complexity index is 696. The van der Waals surface area contributed by atoms with Crippen LogP contribution >= 0.6 is 0 Å². The van der Waals surface area contributed by atoms with Gasteiger partial charge in [0, 0.05) is 24.8 Å². The first-order valence-electron chi connectivity index (χ1n) is 7.18. The van der Waals surface area contributed by atoms with Crippen LogP contribution < -0.4 is 5.32 Å². The van der Waals surface area contributed by atoms with E-state index >= 15 is 0 Å². The van der Waals surface area contributed by atoms with Gasteiger partial charge in [-0.3, -0.25) is 9.59 Å². The van der Waals surface area contributed by atoms with Crippen molar-refractivity contribution in [1.82, 2.24) is 4.90 Å². The van der Waals surface area contributed by atoms with Gasteiger partial charge in [0.2, 0.25) is 5.91 Å². The zero-order chi connectivity index (χ0) is 17.6. The van der Waals surface area contributed by atoms with Gasteiger partial charge in [0.1, 0.15) is 0 Å². The van der Waals surface area contributed by atoms with E-state index in [1.165, 1.54) is 11.0 Å². The molecular weight excluding hydrogens is 316 g/mol. The molecule has 1 rings (SSSR count). The molecule has 0 aromatic heterocycles. The zero-order valence-corrected chi connectivity index (χ0v) is 14.4. The molecule has 0 spiro atoms. The van der Waals surface area contributed by atoms with Gasteiger partial charge in [0.05, 0.1) is 11.0 Å². The van der Waals surface area contributed by atoms with E-state index in [1.54, 1.807) is 39.1 Å². The highest BCUT2D eigenvalue weighted by molar-refractivity contribution is 7.92. The molecule has 1 aromatic carbocycles. The molecule has 126 valence electrons. The summed E-state index contributed by atoms with van der Waals surface area (Å²) >= 11 is 0. The van der Waals surface area contributed by atoms with Crippen molar-refractivity contribution < 1.29 is 18.0 Å². The van der Waals surface area contributed by atoms with E-state index in [4.69, 9.17) is 0 Å². The SMILES string of the molecule is C=CC(=O)Nc1cccc(C(=O)N(C)CCS(=O)(=O)C(C)C)c1. The van der Waals surface area contributed by atoms with E-state index in [9.17, 15) is 18.0 Å². The lowest BCUT2D eigenvalue weighted by Crippen LogP contribution is -2.33. The fraction of sp³-hybridized carbons (Fsp3) is 0.375. The Balaban J connectivity index is 2.79. The van der Waals surface area contributed by atoms with Crippen LogP contribution in [0.4, 0.5) is 5.69 Å². The maximum atomic E-state index is 12.3. The number of benzene rings is 1. The number of hydrogen-bond donors (Lipinski definition) is 1. The molecule has 0 saturated heterocycles. The quantitative estimate of drug-likeness (QED) is 0.767. The summed E-state index contributed by atoms with van der Waals surface area (Å²) in [5, 5.41) is 2.10. The van der Waals surface area contributed by atoms with E-state index in [0.29, 0.717) is 11.3 Å². The van der Waals surface area contributed by atoms with Gasteiger partial charge in [-0.15, -0.1) is 0 Å². The first-order chi connectivity index (χ1) is 10.7. The molecule has 23 heavy (non-hydrogen) atoms. The standard InChI is InChI=1S/C16H22N2O4S/c1-5-15(19)17-14-8-6-7-13(11-14)16(20)18(4)9-10-23(21,22)12(2)3/h5-8,11-12H,1,9-10H2,2-4H3,(H,17,19). The molecule has 0 radical (unpaired) electrons. The van der Waals surface area contributed by atoms with Crippen LogP contribution in [0, 0.1) is 0 Å². The molecule has 1 aromatic rings. The second kappa shape index (κ2) is 7.92. The van der Waals surface area contributed by atoms with Crippen molar-refractivity contribution in [2.45, 2.75) is 19.1 Å². The number of sulfone groups is 1. The summed E-state index contributed by atoms with van der Waals surface area (Å²) in [4.78, 5) is 25.0. The Morgan fingerprint density at radius 2 is 2.00 bits per heavy atom. The topological polar surface area (TPSA) is 83.6 Å². The number of hydrogen-bond acceptors (Lipinski definition) is 4. The van der Waals surface area contributed by atoms with Gasteiger partial charge in [-0.25, -0.2) is 8.42 Å². The van der Waals surface area contributed by atoms with E-state index in [0.717, 1.165) is 6.08 Å². The molecule has 0 bridgehead atoms. The third-order valence-electron chi connectivity index (χ3n) is 3.34. The van der Waals surface area contributed by atoms with Gasteiger partial charge in [-0.05, 0) is 38.1 Å². The summed E-state index contributed by atoms with van der Waals surface area (Å²) in [6.45, 7) is 6.70. The second-order valence-corrected chi connectivity index (χ2v) is 8.09. The molecule has 0 fully saturated rings. The molecule has 7 heteroatoms. The molecule has 0 aliphatic heterocycles. The number of carbonyl (C=O) groups is 2. The largest absolute Gasteiger partial charge is 0.341 e. The molecule has 6 nitrogen and oxygen atoms in total. The predicted octanol–water partition coefficient (Wildman–Crippen LogP) is 1.71. The van der Waals surface area contributed by atoms with E-state index < -0.39 is 15.1 Å². The summed E-state index contributed by atoms with van der Waals surface area (Å²) in [5.41, 5.74) is 0.847. The average molecular weight is 338 g/mol. The Morgan fingerprint density at radius 3 is 2.57 bits per heavy atom. The van der Waals surface area contributed by atoms with Crippen LogP contribution in [-0.4, -0.2) is 49.7 Å². The van der Waals surface area contributed by atoms with Crippen LogP contribution in [0.3, 0.4) is 0 Å². The van der Waals surface area contributed by atoms with Gasteiger partial charge in [-0.1, -0.05) is 12.6 Å². The Morgan fingerprint density at radius 1 is 1.35 bits per heavy atom. The Kier molecular flexibility index (Phi) is 6.50. The van der Waals surface area contributed by atoms with Crippen LogP contribution in [0.1, 0.15) is 24.2 Å². The van der Waals surface area contributed by atoms with Crippen molar-refractivity contribution in [1.29, 1.82) is 0 Å². The van der Waals surface area contributed by atoms with Gasteiger partial charge < -0.3 is 10.2 Å². The highest BCUT2D eigenvalue weighted by Crippen LogP contribution is 2.13. The fourth-order valence-electron chi connectivity index (χ4n) is 1.75. The third kappa shape index (κ3) is 5.52. The molecule has 1 N–H and O–H groups in total.